The molecule has 4 aliphatic carbocycles. The summed E-state index contributed by atoms with van der Waals surface area (Å²) in [5.41, 5.74) is 2.45. The fourth-order valence-electron chi connectivity index (χ4n) is 9.03. The maximum atomic E-state index is 10.2. The summed E-state index contributed by atoms with van der Waals surface area (Å²) in [5.74, 6) is 3.99. The molecule has 3 unspecified atom stereocenters. The van der Waals surface area contributed by atoms with Crippen molar-refractivity contribution in [3.63, 3.8) is 0 Å². The van der Waals surface area contributed by atoms with Crippen LogP contribution in [0.5, 0.6) is 0 Å². The Morgan fingerprint density at radius 1 is 1.10 bits per heavy atom. The number of epoxide rings is 1. The largest absolute Gasteiger partial charge is 0.393 e. The molecule has 2 nitrogen and oxygen atoms in total. The van der Waals surface area contributed by atoms with Crippen LogP contribution < -0.4 is 0 Å². The van der Waals surface area contributed by atoms with E-state index in [-0.39, 0.29) is 11.7 Å². The van der Waals surface area contributed by atoms with Crippen molar-refractivity contribution in [1.29, 1.82) is 0 Å². The molecule has 1 heterocycles. The lowest BCUT2D eigenvalue weighted by atomic mass is 9.46. The predicted molar refractivity (Wildman–Crippen MR) is 119 cm³/mol. The second-order valence-corrected chi connectivity index (χ2v) is 12.5. The van der Waals surface area contributed by atoms with Crippen LogP contribution in [0.2, 0.25) is 0 Å². The van der Waals surface area contributed by atoms with Gasteiger partial charge in [-0.1, -0.05) is 65.5 Å². The highest BCUT2D eigenvalue weighted by Crippen LogP contribution is 2.76. The van der Waals surface area contributed by atoms with Crippen LogP contribution in [0.3, 0.4) is 0 Å². The van der Waals surface area contributed by atoms with Crippen LogP contribution in [0.1, 0.15) is 98.8 Å². The molecule has 0 bridgehead atoms. The third-order valence-electron chi connectivity index (χ3n) is 10.7. The summed E-state index contributed by atoms with van der Waals surface area (Å²) in [6, 6.07) is 0. The molecule has 2 heteroatoms. The van der Waals surface area contributed by atoms with Crippen molar-refractivity contribution in [2.75, 3.05) is 0 Å². The van der Waals surface area contributed by atoms with Crippen molar-refractivity contribution in [2.24, 2.45) is 40.4 Å². The summed E-state index contributed by atoms with van der Waals surface area (Å²) in [6.07, 6.45) is 15.5. The summed E-state index contributed by atoms with van der Waals surface area (Å²) in [4.78, 5) is 0. The quantitative estimate of drug-likeness (QED) is 0.421. The van der Waals surface area contributed by atoms with E-state index in [1.165, 1.54) is 51.4 Å². The van der Waals surface area contributed by atoms with Crippen LogP contribution in [-0.4, -0.2) is 22.9 Å². The van der Waals surface area contributed by atoms with E-state index in [2.05, 4.69) is 40.7 Å². The highest BCUT2D eigenvalue weighted by molar-refractivity contribution is 5.33. The molecule has 0 radical (unpaired) electrons. The van der Waals surface area contributed by atoms with Crippen LogP contribution in [0.25, 0.3) is 0 Å². The lowest BCUT2D eigenvalue weighted by Gasteiger charge is -2.58. The first-order chi connectivity index (χ1) is 13.7. The Kier molecular flexibility index (Phi) is 4.84. The smallest absolute Gasteiger partial charge is 0.104 e. The lowest BCUT2D eigenvalue weighted by molar-refractivity contribution is -0.0987. The molecule has 1 N–H and O–H groups in total. The molecule has 5 rings (SSSR count). The van der Waals surface area contributed by atoms with E-state index in [0.717, 1.165) is 36.5 Å². The first kappa shape index (κ1) is 20.6. The first-order valence-electron chi connectivity index (χ1n) is 12.8. The Labute approximate surface area is 178 Å². The Balaban J connectivity index is 1.38. The molecule has 0 aromatic heterocycles. The van der Waals surface area contributed by atoms with Crippen LogP contribution in [0.4, 0.5) is 0 Å². The van der Waals surface area contributed by atoms with Crippen LogP contribution in [-0.2, 0) is 4.74 Å². The molecular weight excluding hydrogens is 356 g/mol. The molecular formula is C27H44O2. The lowest BCUT2D eigenvalue weighted by Crippen LogP contribution is -2.56. The van der Waals surface area contributed by atoms with Crippen molar-refractivity contribution in [3.05, 3.63) is 11.6 Å². The van der Waals surface area contributed by atoms with Gasteiger partial charge in [0, 0.05) is 5.41 Å². The monoisotopic (exact) mass is 400 g/mol. The van der Waals surface area contributed by atoms with Crippen LogP contribution >= 0.6 is 0 Å². The third-order valence-corrected chi connectivity index (χ3v) is 10.7. The van der Waals surface area contributed by atoms with E-state index < -0.39 is 0 Å². The molecule has 1 saturated heterocycles. The highest BCUT2D eigenvalue weighted by Gasteiger charge is 2.80. The van der Waals surface area contributed by atoms with Crippen molar-refractivity contribution < 1.29 is 9.84 Å². The molecule has 29 heavy (non-hydrogen) atoms. The van der Waals surface area contributed by atoms with E-state index in [0.29, 0.717) is 22.9 Å². The number of ether oxygens (including phenoxy) is 1. The summed E-state index contributed by atoms with van der Waals surface area (Å²) < 4.78 is 6.71. The number of aliphatic hydroxyl groups is 1. The summed E-state index contributed by atoms with van der Waals surface area (Å²) in [7, 11) is 0. The van der Waals surface area contributed by atoms with Gasteiger partial charge >= 0.3 is 0 Å². The molecule has 4 fully saturated rings. The van der Waals surface area contributed by atoms with Gasteiger partial charge < -0.3 is 9.84 Å². The fourth-order valence-corrected chi connectivity index (χ4v) is 9.03. The van der Waals surface area contributed by atoms with Gasteiger partial charge in [0.15, 0.2) is 0 Å². The van der Waals surface area contributed by atoms with E-state index in [9.17, 15) is 5.11 Å². The van der Waals surface area contributed by atoms with Gasteiger partial charge in [-0.25, -0.2) is 0 Å². The standard InChI is InChI=1S/C27H44O2/c1-17(2)7-6-8-18(3)23-16-24-27(29-24)22-10-9-19-15-20(28)11-13-25(19,4)21(22)12-14-26(23,27)5/h9,17-18,20-24,28H,6-8,10-16H2,1-5H3/t18-,20?,21+,22-,23-,24?,25+,26-,27?/m1/s1. The zero-order valence-electron chi connectivity index (χ0n) is 19.5. The molecule has 3 saturated carbocycles. The molecule has 1 aliphatic heterocycles. The Morgan fingerprint density at radius 2 is 1.90 bits per heavy atom. The van der Waals surface area contributed by atoms with Gasteiger partial charge in [0.2, 0.25) is 0 Å². The molecule has 0 aromatic carbocycles. The Hall–Kier alpha value is -0.340. The topological polar surface area (TPSA) is 32.8 Å². The van der Waals surface area contributed by atoms with E-state index in [1.807, 2.05) is 0 Å². The minimum Gasteiger partial charge on any atom is -0.393 e. The summed E-state index contributed by atoms with van der Waals surface area (Å²) in [5, 5.41) is 10.2. The zero-order valence-corrected chi connectivity index (χ0v) is 19.5. The minimum atomic E-state index is -0.106. The Bertz CT molecular complexity index is 682. The summed E-state index contributed by atoms with van der Waals surface area (Å²) in [6.45, 7) is 12.4. The van der Waals surface area contributed by atoms with Crippen molar-refractivity contribution in [2.45, 2.75) is 117 Å². The van der Waals surface area contributed by atoms with Gasteiger partial charge in [0.25, 0.3) is 0 Å². The number of hydrogen-bond donors (Lipinski definition) is 1. The third kappa shape index (κ3) is 2.80. The number of allylic oxidation sites excluding steroid dienone is 1. The summed E-state index contributed by atoms with van der Waals surface area (Å²) >= 11 is 0. The number of hydrogen-bond acceptors (Lipinski definition) is 2. The molecule has 1 spiro atoms. The average molecular weight is 401 g/mol. The molecule has 0 aromatic rings. The Morgan fingerprint density at radius 3 is 2.66 bits per heavy atom. The van der Waals surface area contributed by atoms with Gasteiger partial charge in [-0.15, -0.1) is 0 Å². The highest BCUT2D eigenvalue weighted by atomic mass is 16.6. The van der Waals surface area contributed by atoms with Gasteiger partial charge in [0.05, 0.1) is 12.2 Å². The van der Waals surface area contributed by atoms with Gasteiger partial charge in [-0.05, 0) is 80.0 Å². The van der Waals surface area contributed by atoms with Crippen molar-refractivity contribution in [1.82, 2.24) is 0 Å². The molecule has 9 atom stereocenters. The van der Waals surface area contributed by atoms with E-state index in [1.54, 1.807) is 5.57 Å². The second-order valence-electron chi connectivity index (χ2n) is 12.5. The van der Waals surface area contributed by atoms with Gasteiger partial charge in [-0.3, -0.25) is 0 Å². The second kappa shape index (κ2) is 6.83. The van der Waals surface area contributed by atoms with Crippen LogP contribution in [0, 0.1) is 40.4 Å². The van der Waals surface area contributed by atoms with E-state index >= 15 is 0 Å². The average Bonchev–Trinajstić information content (AvgIpc) is 3.32. The minimum absolute atomic E-state index is 0.106. The molecule has 164 valence electrons. The van der Waals surface area contributed by atoms with Gasteiger partial charge in [0.1, 0.15) is 5.60 Å². The van der Waals surface area contributed by atoms with Crippen molar-refractivity contribution in [3.8, 4) is 0 Å². The van der Waals surface area contributed by atoms with Crippen molar-refractivity contribution >= 4 is 0 Å². The molecule has 5 aliphatic rings. The first-order valence-corrected chi connectivity index (χ1v) is 12.8. The normalized spacial score (nSPS) is 51.6. The fraction of sp³-hybridized carbons (Fsp3) is 0.926. The molecule has 0 amide bonds. The SMILES string of the molecule is CC(C)CCC[C@@H](C)[C@H]1CC2OC23[C@@H]2CC=C4CC(O)CC[C@]4(C)[C@H]2CC[C@]13C. The number of fused-ring (bicyclic) bond motifs is 3. The predicted octanol–water partition coefficient (Wildman–Crippen LogP) is 6.52. The van der Waals surface area contributed by atoms with E-state index in [4.69, 9.17) is 4.74 Å². The maximum absolute atomic E-state index is 10.2. The number of aliphatic hydroxyl groups excluding tert-OH is 1. The zero-order chi connectivity index (χ0) is 20.6. The maximum Gasteiger partial charge on any atom is 0.104 e. The number of rotatable bonds is 5. The van der Waals surface area contributed by atoms with Crippen LogP contribution in [0.15, 0.2) is 11.6 Å². The van der Waals surface area contributed by atoms with Gasteiger partial charge in [-0.2, -0.15) is 0 Å².